The van der Waals surface area contributed by atoms with Crippen LogP contribution in [-0.2, 0) is 20.9 Å². The van der Waals surface area contributed by atoms with Gasteiger partial charge in [-0.1, -0.05) is 43.2 Å². The minimum Gasteiger partial charge on any atom is -0.480 e. The van der Waals surface area contributed by atoms with E-state index in [1.54, 1.807) is 13.8 Å². The van der Waals surface area contributed by atoms with Crippen molar-refractivity contribution < 1.29 is 34.3 Å². The number of aliphatic carboxylic acids is 1. The van der Waals surface area contributed by atoms with Crippen LogP contribution < -0.4 is 11.5 Å². The van der Waals surface area contributed by atoms with Crippen LogP contribution in [0.2, 0.25) is 6.32 Å². The number of carbonyl (C=O) groups excluding carboxylic acids is 2. The van der Waals surface area contributed by atoms with Crippen LogP contribution in [0.25, 0.3) is 0 Å². The highest BCUT2D eigenvalue weighted by molar-refractivity contribution is 6.40. The number of rotatable bonds is 12. The van der Waals surface area contributed by atoms with Gasteiger partial charge in [0.1, 0.15) is 12.1 Å². The standard InChI is InChI=1S/C25H39BN4O7/c1-17(29-24(34)37-16-19-9-4-3-5-10-19)8-6-7-11-21(27)22(31)30-15-20(12-13-26(35)36)14-25(28,18(30)2)23(32)33/h3-5,9-10,18,20-21,35-36H,6-8,11-16,27-28H2,1-2H3,(H,32,33)/t18-,20-,21-,25+/m0/s1. The van der Waals surface area contributed by atoms with Crippen molar-refractivity contribution in [1.29, 1.82) is 0 Å². The fraction of sp³-hybridized carbons (Fsp3) is 0.600. The zero-order chi connectivity index (χ0) is 27.6. The number of piperidine rings is 1. The van der Waals surface area contributed by atoms with E-state index in [1.807, 2.05) is 30.3 Å². The molecule has 0 saturated carbocycles. The van der Waals surface area contributed by atoms with Crippen molar-refractivity contribution in [2.45, 2.75) is 82.9 Å². The van der Waals surface area contributed by atoms with Crippen molar-refractivity contribution in [1.82, 2.24) is 4.90 Å². The first-order valence-corrected chi connectivity index (χ1v) is 12.6. The molecule has 2 amide bonds. The molecule has 37 heavy (non-hydrogen) atoms. The summed E-state index contributed by atoms with van der Waals surface area (Å²) < 4.78 is 5.15. The van der Waals surface area contributed by atoms with Gasteiger partial charge in [-0.2, -0.15) is 4.99 Å². The largest absolute Gasteiger partial charge is 0.480 e. The van der Waals surface area contributed by atoms with Crippen molar-refractivity contribution in [2.75, 3.05) is 6.54 Å². The number of carbonyl (C=O) groups is 3. The number of unbranched alkanes of at least 4 members (excludes halogenated alkanes) is 1. The number of likely N-dealkylation sites (tertiary alicyclic amines) is 1. The normalized spacial score (nSPS) is 22.9. The molecular formula is C25H39BN4O7. The van der Waals surface area contributed by atoms with E-state index in [9.17, 15) is 29.5 Å². The van der Waals surface area contributed by atoms with E-state index >= 15 is 0 Å². The first-order chi connectivity index (χ1) is 17.4. The number of carboxylic acids is 1. The molecule has 1 saturated heterocycles. The molecule has 0 aromatic heterocycles. The summed E-state index contributed by atoms with van der Waals surface area (Å²) in [4.78, 5) is 42.3. The van der Waals surface area contributed by atoms with Crippen molar-refractivity contribution >= 4 is 30.8 Å². The Kier molecular flexibility index (Phi) is 11.7. The molecule has 1 aliphatic heterocycles. The van der Waals surface area contributed by atoms with Gasteiger partial charge >= 0.3 is 19.2 Å². The minimum absolute atomic E-state index is 0.0591. The number of nitrogens with zero attached hydrogens (tertiary/aromatic N) is 2. The number of amides is 2. The molecule has 1 aromatic rings. The van der Waals surface area contributed by atoms with Gasteiger partial charge in [0.15, 0.2) is 0 Å². The van der Waals surface area contributed by atoms with Gasteiger partial charge in [0.05, 0.1) is 12.1 Å². The third-order valence-electron chi connectivity index (χ3n) is 6.92. The summed E-state index contributed by atoms with van der Waals surface area (Å²) in [7, 11) is -1.51. The molecule has 4 atom stereocenters. The van der Waals surface area contributed by atoms with E-state index < -0.39 is 36.8 Å². The second kappa shape index (κ2) is 14.2. The predicted octanol–water partition coefficient (Wildman–Crippen LogP) is 1.55. The Bertz CT molecular complexity index is 946. The molecular weight excluding hydrogens is 479 g/mol. The minimum atomic E-state index is -1.65. The molecule has 1 heterocycles. The average molecular weight is 518 g/mol. The number of nitrogens with two attached hydrogens (primary N) is 2. The molecule has 1 fully saturated rings. The zero-order valence-corrected chi connectivity index (χ0v) is 21.6. The Balaban J connectivity index is 1.84. The quantitative estimate of drug-likeness (QED) is 0.155. The van der Waals surface area contributed by atoms with Gasteiger partial charge in [-0.15, -0.1) is 0 Å². The van der Waals surface area contributed by atoms with Crippen LogP contribution in [0, 0.1) is 5.92 Å². The van der Waals surface area contributed by atoms with Crippen LogP contribution in [0.5, 0.6) is 0 Å². The number of ether oxygens (including phenoxy) is 1. The van der Waals surface area contributed by atoms with Crippen molar-refractivity contribution in [2.24, 2.45) is 22.4 Å². The number of hydrogen-bond donors (Lipinski definition) is 5. The number of aliphatic imine (C=N–C) groups is 1. The molecule has 12 heteroatoms. The topological polar surface area (TPSA) is 189 Å². The molecule has 0 aliphatic carbocycles. The third-order valence-corrected chi connectivity index (χ3v) is 6.92. The maximum absolute atomic E-state index is 13.1. The maximum Gasteiger partial charge on any atom is 0.451 e. The van der Waals surface area contributed by atoms with Gasteiger partial charge < -0.3 is 36.3 Å². The predicted molar refractivity (Wildman–Crippen MR) is 140 cm³/mol. The summed E-state index contributed by atoms with van der Waals surface area (Å²) in [5.41, 5.74) is 12.2. The van der Waals surface area contributed by atoms with Gasteiger partial charge in [-0.05, 0) is 57.3 Å². The molecule has 0 bridgehead atoms. The summed E-state index contributed by atoms with van der Waals surface area (Å²) in [5, 5.41) is 28.1. The number of carboxylic acid groups (broad SMARTS) is 1. The molecule has 204 valence electrons. The number of benzene rings is 1. The van der Waals surface area contributed by atoms with Crippen molar-refractivity contribution in [3.63, 3.8) is 0 Å². The first-order valence-electron chi connectivity index (χ1n) is 12.6. The van der Waals surface area contributed by atoms with Crippen LogP contribution in [0.4, 0.5) is 4.79 Å². The van der Waals surface area contributed by atoms with E-state index in [4.69, 9.17) is 16.2 Å². The van der Waals surface area contributed by atoms with Gasteiger partial charge in [0.2, 0.25) is 5.91 Å². The van der Waals surface area contributed by atoms with Gasteiger partial charge in [0, 0.05) is 12.3 Å². The average Bonchev–Trinajstić information content (AvgIpc) is 2.85. The fourth-order valence-electron chi connectivity index (χ4n) is 4.60. The summed E-state index contributed by atoms with van der Waals surface area (Å²) in [6.07, 6.45) is 2.03. The number of hydrogen-bond acceptors (Lipinski definition) is 8. The second-order valence-electron chi connectivity index (χ2n) is 9.88. The Morgan fingerprint density at radius 1 is 1.24 bits per heavy atom. The van der Waals surface area contributed by atoms with Gasteiger partial charge in [-0.25, -0.2) is 4.79 Å². The Labute approximate surface area is 218 Å². The summed E-state index contributed by atoms with van der Waals surface area (Å²) in [5.74, 6) is -1.89. The Morgan fingerprint density at radius 2 is 1.92 bits per heavy atom. The van der Waals surface area contributed by atoms with E-state index in [2.05, 4.69) is 4.99 Å². The first kappa shape index (κ1) is 30.4. The zero-order valence-electron chi connectivity index (χ0n) is 21.6. The molecule has 1 aromatic carbocycles. The maximum atomic E-state index is 13.1. The van der Waals surface area contributed by atoms with Crippen molar-refractivity contribution in [3.05, 3.63) is 35.9 Å². The van der Waals surface area contributed by atoms with Gasteiger partial charge in [0.25, 0.3) is 0 Å². The third kappa shape index (κ3) is 9.22. The van der Waals surface area contributed by atoms with E-state index in [1.165, 1.54) is 4.90 Å². The van der Waals surface area contributed by atoms with E-state index in [0.29, 0.717) is 37.8 Å². The molecule has 0 radical (unpaired) electrons. The molecule has 0 spiro atoms. The lowest BCUT2D eigenvalue weighted by Crippen LogP contribution is -2.69. The van der Waals surface area contributed by atoms with Crippen LogP contribution in [0.15, 0.2) is 35.3 Å². The summed E-state index contributed by atoms with van der Waals surface area (Å²) >= 11 is 0. The van der Waals surface area contributed by atoms with Crippen LogP contribution >= 0.6 is 0 Å². The molecule has 1 aliphatic rings. The van der Waals surface area contributed by atoms with Gasteiger partial charge in [-0.3, -0.25) is 9.59 Å². The van der Waals surface area contributed by atoms with Crippen LogP contribution in [0.1, 0.15) is 57.9 Å². The summed E-state index contributed by atoms with van der Waals surface area (Å²) in [6.45, 7) is 3.74. The second-order valence-corrected chi connectivity index (χ2v) is 9.88. The highest BCUT2D eigenvalue weighted by atomic mass is 16.5. The van der Waals surface area contributed by atoms with Crippen LogP contribution in [-0.4, -0.2) is 75.0 Å². The summed E-state index contributed by atoms with van der Waals surface area (Å²) in [6, 6.07) is 7.70. The fourth-order valence-corrected chi connectivity index (χ4v) is 4.60. The molecule has 11 nitrogen and oxygen atoms in total. The lowest BCUT2D eigenvalue weighted by Gasteiger charge is -2.48. The monoisotopic (exact) mass is 518 g/mol. The van der Waals surface area contributed by atoms with E-state index in [0.717, 1.165) is 5.56 Å². The molecule has 0 unspecified atom stereocenters. The Hall–Kier alpha value is -2.80. The molecule has 2 rings (SSSR count). The van der Waals surface area contributed by atoms with Crippen LogP contribution in [0.3, 0.4) is 0 Å². The lowest BCUT2D eigenvalue weighted by atomic mass is 9.72. The van der Waals surface area contributed by atoms with E-state index in [-0.39, 0.29) is 37.7 Å². The SMILES string of the molecule is CC(CCCC[C@H](N)C(=O)N1C[C@@H](CCB(O)O)C[C@](N)(C(=O)O)[C@@H]1C)=NC(=O)OCc1ccccc1. The lowest BCUT2D eigenvalue weighted by molar-refractivity contribution is -0.154. The highest BCUT2D eigenvalue weighted by Gasteiger charge is 2.50. The molecule has 7 N–H and O–H groups in total. The highest BCUT2D eigenvalue weighted by Crippen LogP contribution is 2.33. The Morgan fingerprint density at radius 3 is 2.54 bits per heavy atom. The smallest absolute Gasteiger partial charge is 0.451 e. The van der Waals surface area contributed by atoms with Crippen molar-refractivity contribution in [3.8, 4) is 0 Å².